The lowest BCUT2D eigenvalue weighted by Crippen LogP contribution is -2.49. The fraction of sp³-hybridized carbons (Fsp3) is 0.231. The Bertz CT molecular complexity index is 1480. The van der Waals surface area contributed by atoms with Crippen molar-refractivity contribution in [2.45, 2.75) is 31.6 Å². The summed E-state index contributed by atoms with van der Waals surface area (Å²) in [6, 6.07) is 15.9. The maximum Gasteiger partial charge on any atom is 0.380 e. The average molecular weight is 459 g/mol. The average Bonchev–Trinajstić information content (AvgIpc) is 3.07. The number of alkyl halides is 6. The molecule has 5 rings (SSSR count). The van der Waals surface area contributed by atoms with Crippen molar-refractivity contribution in [2.75, 3.05) is 0 Å². The second-order valence-corrected chi connectivity index (χ2v) is 8.49. The molecule has 0 spiro atoms. The number of fused-ring (bicyclic) bond motifs is 2. The molecule has 170 valence electrons. The van der Waals surface area contributed by atoms with Crippen LogP contribution in [0.5, 0.6) is 0 Å². The standard InChI is InChI=1S/C26H19F6N/c1-14-12-13-16-8-4-5-9-17(16)20(14)22-23(25(29,30)26(31,32)24(22,27)28)21-15(2)33(3)19-11-7-6-10-18(19)21/h4-13H,1-3H3. The van der Waals surface area contributed by atoms with Crippen LogP contribution in [0.15, 0.2) is 60.7 Å². The molecule has 0 unspecified atom stereocenters. The summed E-state index contributed by atoms with van der Waals surface area (Å²) in [7, 11) is 1.59. The predicted octanol–water partition coefficient (Wildman–Crippen LogP) is 7.78. The molecular formula is C26H19F6N. The van der Waals surface area contributed by atoms with Gasteiger partial charge in [-0.1, -0.05) is 54.6 Å². The van der Waals surface area contributed by atoms with Crippen LogP contribution < -0.4 is 0 Å². The molecule has 0 saturated heterocycles. The van der Waals surface area contributed by atoms with Gasteiger partial charge in [-0.2, -0.15) is 26.3 Å². The molecule has 1 aliphatic carbocycles. The van der Waals surface area contributed by atoms with Gasteiger partial charge in [0.25, 0.3) is 0 Å². The Kier molecular flexibility index (Phi) is 4.36. The van der Waals surface area contributed by atoms with Crippen molar-refractivity contribution in [3.05, 3.63) is 83.0 Å². The number of hydrogen-bond donors (Lipinski definition) is 0. The van der Waals surface area contributed by atoms with E-state index in [1.54, 1.807) is 54.1 Å². The molecule has 0 atom stereocenters. The van der Waals surface area contributed by atoms with Crippen LogP contribution in [0.3, 0.4) is 0 Å². The number of halogens is 6. The Hall–Kier alpha value is -3.22. The lowest BCUT2D eigenvalue weighted by molar-refractivity contribution is -0.254. The predicted molar refractivity (Wildman–Crippen MR) is 118 cm³/mol. The normalized spacial score (nSPS) is 19.1. The molecule has 1 aromatic heterocycles. The third-order valence-electron chi connectivity index (χ3n) is 6.70. The summed E-state index contributed by atoms with van der Waals surface area (Å²) in [6.07, 6.45) is 0. The van der Waals surface area contributed by atoms with E-state index in [4.69, 9.17) is 0 Å². The van der Waals surface area contributed by atoms with Crippen LogP contribution in [0.2, 0.25) is 0 Å². The van der Waals surface area contributed by atoms with Crippen molar-refractivity contribution < 1.29 is 26.3 Å². The van der Waals surface area contributed by atoms with E-state index in [9.17, 15) is 8.78 Å². The molecule has 1 nitrogen and oxygen atoms in total. The van der Waals surface area contributed by atoms with Gasteiger partial charge in [-0.25, -0.2) is 0 Å². The van der Waals surface area contributed by atoms with Crippen molar-refractivity contribution in [3.63, 3.8) is 0 Å². The van der Waals surface area contributed by atoms with Crippen molar-refractivity contribution in [3.8, 4) is 0 Å². The number of aryl methyl sites for hydroxylation is 2. The first-order valence-electron chi connectivity index (χ1n) is 10.3. The highest BCUT2D eigenvalue weighted by Gasteiger charge is 2.80. The minimum Gasteiger partial charge on any atom is -0.347 e. The van der Waals surface area contributed by atoms with Crippen molar-refractivity contribution >= 4 is 32.8 Å². The minimum absolute atomic E-state index is 0.203. The molecule has 0 radical (unpaired) electrons. The number of nitrogens with zero attached hydrogens (tertiary/aromatic N) is 1. The Labute approximate surface area is 185 Å². The highest BCUT2D eigenvalue weighted by Crippen LogP contribution is 2.66. The molecule has 0 amide bonds. The zero-order valence-electron chi connectivity index (χ0n) is 18.0. The van der Waals surface area contributed by atoms with Gasteiger partial charge < -0.3 is 4.57 Å². The van der Waals surface area contributed by atoms with Gasteiger partial charge in [0.1, 0.15) is 0 Å². The molecule has 33 heavy (non-hydrogen) atoms. The SMILES string of the molecule is Cc1ccc2ccccc2c1C1=C(c2c(C)n(C)c3ccccc23)C(F)(F)C(F)(F)C1(F)F. The zero-order valence-corrected chi connectivity index (χ0v) is 18.0. The van der Waals surface area contributed by atoms with Gasteiger partial charge in [-0.15, -0.1) is 0 Å². The van der Waals surface area contributed by atoms with E-state index in [0.29, 0.717) is 10.9 Å². The van der Waals surface area contributed by atoms with Gasteiger partial charge >= 0.3 is 17.8 Å². The maximum absolute atomic E-state index is 15.5. The van der Waals surface area contributed by atoms with Crippen molar-refractivity contribution in [1.82, 2.24) is 4.57 Å². The molecule has 4 aromatic rings. The molecule has 0 N–H and O–H groups in total. The van der Waals surface area contributed by atoms with Crippen LogP contribution in [0.1, 0.15) is 22.4 Å². The lowest BCUT2D eigenvalue weighted by atomic mass is 9.87. The highest BCUT2D eigenvalue weighted by molar-refractivity contribution is 6.12. The van der Waals surface area contributed by atoms with E-state index < -0.39 is 28.9 Å². The number of benzene rings is 3. The van der Waals surface area contributed by atoms with Gasteiger partial charge in [0.2, 0.25) is 0 Å². The van der Waals surface area contributed by atoms with Crippen molar-refractivity contribution in [2.24, 2.45) is 7.05 Å². The van der Waals surface area contributed by atoms with E-state index in [1.807, 2.05) is 0 Å². The fourth-order valence-corrected chi connectivity index (χ4v) is 4.94. The molecular weight excluding hydrogens is 440 g/mol. The van der Waals surface area contributed by atoms with Gasteiger partial charge in [0, 0.05) is 40.4 Å². The molecule has 0 aliphatic heterocycles. The monoisotopic (exact) mass is 459 g/mol. The Morgan fingerprint density at radius 2 is 1.18 bits per heavy atom. The van der Waals surface area contributed by atoms with Gasteiger partial charge in [-0.3, -0.25) is 0 Å². The molecule has 7 heteroatoms. The number of allylic oxidation sites excluding steroid dienone is 2. The van der Waals surface area contributed by atoms with E-state index in [2.05, 4.69) is 0 Å². The summed E-state index contributed by atoms with van der Waals surface area (Å²) >= 11 is 0. The number of hydrogen-bond acceptors (Lipinski definition) is 0. The smallest absolute Gasteiger partial charge is 0.347 e. The maximum atomic E-state index is 15.5. The van der Waals surface area contributed by atoms with E-state index in [-0.39, 0.29) is 33.2 Å². The highest BCUT2D eigenvalue weighted by atomic mass is 19.3. The largest absolute Gasteiger partial charge is 0.380 e. The van der Waals surface area contributed by atoms with Gasteiger partial charge in [-0.05, 0) is 41.8 Å². The summed E-state index contributed by atoms with van der Waals surface area (Å²) in [5, 5.41) is 0.932. The summed E-state index contributed by atoms with van der Waals surface area (Å²) in [4.78, 5) is 0. The van der Waals surface area contributed by atoms with Crippen LogP contribution in [0.25, 0.3) is 32.8 Å². The van der Waals surface area contributed by atoms with E-state index >= 15 is 17.6 Å². The zero-order chi connectivity index (χ0) is 23.9. The fourth-order valence-electron chi connectivity index (χ4n) is 4.94. The molecule has 0 bridgehead atoms. The minimum atomic E-state index is -5.60. The number of para-hydroxylation sites is 1. The molecule has 0 fully saturated rings. The molecule has 1 aliphatic rings. The number of aromatic nitrogens is 1. The van der Waals surface area contributed by atoms with Crippen LogP contribution >= 0.6 is 0 Å². The second-order valence-electron chi connectivity index (χ2n) is 8.49. The van der Waals surface area contributed by atoms with Crippen molar-refractivity contribution in [1.29, 1.82) is 0 Å². The number of rotatable bonds is 2. The van der Waals surface area contributed by atoms with E-state index in [1.165, 1.54) is 32.0 Å². The van der Waals surface area contributed by atoms with Crippen LogP contribution in [-0.2, 0) is 7.05 Å². The molecule has 1 heterocycles. The summed E-state index contributed by atoms with van der Waals surface area (Å²) in [6.45, 7) is 2.94. The van der Waals surface area contributed by atoms with Gasteiger partial charge in [0.15, 0.2) is 0 Å². The first-order chi connectivity index (χ1) is 15.4. The first-order valence-corrected chi connectivity index (χ1v) is 10.3. The topological polar surface area (TPSA) is 4.93 Å². The van der Waals surface area contributed by atoms with E-state index in [0.717, 1.165) is 0 Å². The summed E-state index contributed by atoms with van der Waals surface area (Å²) in [5.41, 5.74) is -2.28. The summed E-state index contributed by atoms with van der Waals surface area (Å²) in [5.74, 6) is -15.8. The molecule has 0 saturated carbocycles. The van der Waals surface area contributed by atoms with Gasteiger partial charge in [0.05, 0.1) is 0 Å². The second kappa shape index (κ2) is 6.65. The first kappa shape index (κ1) is 21.6. The lowest BCUT2D eigenvalue weighted by Gasteiger charge is -2.26. The van der Waals surface area contributed by atoms with Crippen LogP contribution in [0.4, 0.5) is 26.3 Å². The molecule has 3 aromatic carbocycles. The Balaban J connectivity index is 2.04. The Morgan fingerprint density at radius 3 is 1.85 bits per heavy atom. The van der Waals surface area contributed by atoms with Crippen LogP contribution in [0, 0.1) is 13.8 Å². The quantitative estimate of drug-likeness (QED) is 0.270. The third kappa shape index (κ3) is 2.56. The summed E-state index contributed by atoms with van der Waals surface area (Å²) < 4.78 is 93.2. The van der Waals surface area contributed by atoms with Crippen LogP contribution in [-0.4, -0.2) is 22.3 Å². The Morgan fingerprint density at radius 1 is 0.636 bits per heavy atom. The third-order valence-corrected chi connectivity index (χ3v) is 6.70.